The number of ether oxygens (including phenoxy) is 1. The fourth-order valence-electron chi connectivity index (χ4n) is 0.201. The Morgan fingerprint density at radius 2 is 2.00 bits per heavy atom. The first kappa shape index (κ1) is 12.4. The molecule has 0 spiro atoms. The van der Waals surface area contributed by atoms with Crippen molar-refractivity contribution in [1.29, 1.82) is 0 Å². The van der Waals surface area contributed by atoms with Crippen LogP contribution in [-0.2, 0) is 14.3 Å². The molecule has 4 nitrogen and oxygen atoms in total. The van der Waals surface area contributed by atoms with E-state index in [1.165, 1.54) is 6.92 Å². The zero-order valence-electron chi connectivity index (χ0n) is 6.79. The van der Waals surface area contributed by atoms with E-state index in [-0.39, 0.29) is 11.9 Å². The molecule has 0 radical (unpaired) electrons. The third-order valence-corrected chi connectivity index (χ3v) is 0.453. The van der Waals surface area contributed by atoms with E-state index in [0.717, 1.165) is 6.08 Å². The van der Waals surface area contributed by atoms with E-state index in [0.29, 0.717) is 6.61 Å². The Hall–Kier alpha value is -1.32. The van der Waals surface area contributed by atoms with Gasteiger partial charge in [0.15, 0.2) is 0 Å². The summed E-state index contributed by atoms with van der Waals surface area (Å²) in [7, 11) is 0. The Labute approximate surface area is 66.0 Å². The van der Waals surface area contributed by atoms with Crippen molar-refractivity contribution in [2.24, 2.45) is 5.73 Å². The number of hydrogen-bond donors (Lipinski definition) is 1. The lowest BCUT2D eigenvalue weighted by atomic mass is 10.6. The van der Waals surface area contributed by atoms with Gasteiger partial charge in [-0.05, 0) is 6.92 Å². The van der Waals surface area contributed by atoms with Crippen molar-refractivity contribution in [2.45, 2.75) is 13.8 Å². The highest BCUT2D eigenvalue weighted by Gasteiger charge is 1.86. The summed E-state index contributed by atoms with van der Waals surface area (Å²) in [6.45, 7) is 6.68. The summed E-state index contributed by atoms with van der Waals surface area (Å²) in [5, 5.41) is 0. The third-order valence-electron chi connectivity index (χ3n) is 0.453. The molecule has 0 aromatic carbocycles. The molecule has 0 saturated heterocycles. The minimum Gasteiger partial charge on any atom is -0.463 e. The van der Waals surface area contributed by atoms with E-state index in [4.69, 9.17) is 0 Å². The van der Waals surface area contributed by atoms with Gasteiger partial charge in [-0.3, -0.25) is 4.79 Å². The highest BCUT2D eigenvalue weighted by atomic mass is 16.5. The Bertz CT molecular complexity index is 139. The predicted molar refractivity (Wildman–Crippen MR) is 41.7 cm³/mol. The van der Waals surface area contributed by atoms with Gasteiger partial charge in [0.1, 0.15) is 0 Å². The molecule has 0 aliphatic carbocycles. The highest BCUT2D eigenvalue weighted by Crippen LogP contribution is 1.74. The summed E-state index contributed by atoms with van der Waals surface area (Å²) >= 11 is 0. The maximum Gasteiger partial charge on any atom is 0.330 e. The van der Waals surface area contributed by atoms with Crippen LogP contribution in [0, 0.1) is 0 Å². The van der Waals surface area contributed by atoms with Gasteiger partial charge in [0.05, 0.1) is 6.61 Å². The van der Waals surface area contributed by atoms with Gasteiger partial charge in [-0.25, -0.2) is 4.79 Å². The third kappa shape index (κ3) is 28.6. The van der Waals surface area contributed by atoms with Gasteiger partial charge < -0.3 is 10.5 Å². The summed E-state index contributed by atoms with van der Waals surface area (Å²) in [5.74, 6) is -0.692. The molecule has 0 atom stereocenters. The first-order chi connectivity index (χ1) is 5.04. The van der Waals surface area contributed by atoms with Crippen molar-refractivity contribution in [3.63, 3.8) is 0 Å². The molecule has 0 heterocycles. The number of hydrogen-bond acceptors (Lipinski definition) is 3. The van der Waals surface area contributed by atoms with Gasteiger partial charge in [-0.2, -0.15) is 0 Å². The molecule has 4 heteroatoms. The Kier molecular flexibility index (Phi) is 9.76. The van der Waals surface area contributed by atoms with Crippen LogP contribution in [0.15, 0.2) is 12.7 Å². The average molecular weight is 159 g/mol. The van der Waals surface area contributed by atoms with Crippen LogP contribution in [0.5, 0.6) is 0 Å². The molecule has 0 aliphatic rings. The van der Waals surface area contributed by atoms with Crippen molar-refractivity contribution in [3.05, 3.63) is 12.7 Å². The molecule has 64 valence electrons. The lowest BCUT2D eigenvalue weighted by molar-refractivity contribution is -0.137. The molecule has 0 aliphatic heterocycles. The summed E-state index contributed by atoms with van der Waals surface area (Å²) in [6, 6.07) is 0. The number of carbonyl (C=O) groups excluding carboxylic acids is 2. The Morgan fingerprint density at radius 1 is 1.64 bits per heavy atom. The van der Waals surface area contributed by atoms with Crippen LogP contribution < -0.4 is 5.73 Å². The topological polar surface area (TPSA) is 69.4 Å². The van der Waals surface area contributed by atoms with Crippen LogP contribution in [0.3, 0.4) is 0 Å². The average Bonchev–Trinajstić information content (AvgIpc) is 1.87. The molecule has 0 bridgehead atoms. The normalized spacial score (nSPS) is 7.09. The molecule has 11 heavy (non-hydrogen) atoms. The molecular formula is C7H13NO3. The number of rotatable bonds is 2. The lowest BCUT2D eigenvalue weighted by Gasteiger charge is -1.90. The fraction of sp³-hybridized carbons (Fsp3) is 0.429. The van der Waals surface area contributed by atoms with Gasteiger partial charge >= 0.3 is 5.97 Å². The number of nitrogens with two attached hydrogens (primary N) is 1. The molecule has 0 aromatic heterocycles. The number of amides is 1. The number of esters is 1. The molecule has 0 rings (SSSR count). The largest absolute Gasteiger partial charge is 0.463 e. The zero-order valence-corrected chi connectivity index (χ0v) is 6.79. The lowest BCUT2D eigenvalue weighted by Crippen LogP contribution is -2.01. The summed E-state index contributed by atoms with van der Waals surface area (Å²) in [5.41, 5.74) is 4.47. The van der Waals surface area contributed by atoms with Gasteiger partial charge in [0, 0.05) is 13.0 Å². The van der Waals surface area contributed by atoms with E-state index >= 15 is 0 Å². The standard InChI is InChI=1S/C5H8O2.C2H5NO/c1-3-5(6)7-4-2;1-2(3)4/h3H,1,4H2,2H3;1H3,(H2,3,4). The van der Waals surface area contributed by atoms with E-state index < -0.39 is 0 Å². The molecule has 0 saturated carbocycles. The van der Waals surface area contributed by atoms with Crippen molar-refractivity contribution >= 4 is 11.9 Å². The van der Waals surface area contributed by atoms with Crippen LogP contribution >= 0.6 is 0 Å². The molecule has 0 unspecified atom stereocenters. The zero-order chi connectivity index (χ0) is 9.28. The number of carbonyl (C=O) groups is 2. The summed E-state index contributed by atoms with van der Waals surface area (Å²) < 4.78 is 4.43. The molecule has 1 amide bonds. The van der Waals surface area contributed by atoms with Gasteiger partial charge in [-0.1, -0.05) is 6.58 Å². The smallest absolute Gasteiger partial charge is 0.330 e. The molecule has 0 aromatic rings. The Balaban J connectivity index is 0. The fourth-order valence-corrected chi connectivity index (χ4v) is 0.201. The van der Waals surface area contributed by atoms with E-state index in [9.17, 15) is 9.59 Å². The van der Waals surface area contributed by atoms with E-state index in [1.54, 1.807) is 6.92 Å². The van der Waals surface area contributed by atoms with Crippen molar-refractivity contribution < 1.29 is 14.3 Å². The molecule has 2 N–H and O–H groups in total. The Morgan fingerprint density at radius 3 is 2.09 bits per heavy atom. The van der Waals surface area contributed by atoms with Crippen LogP contribution in [0.4, 0.5) is 0 Å². The SMILES string of the molecule is C=CC(=O)OCC.CC(N)=O. The quantitative estimate of drug-likeness (QED) is 0.463. The van der Waals surface area contributed by atoms with Crippen LogP contribution in [0.2, 0.25) is 0 Å². The molecular weight excluding hydrogens is 146 g/mol. The predicted octanol–water partition coefficient (Wildman–Crippen LogP) is 0.227. The maximum absolute atomic E-state index is 10.1. The maximum atomic E-state index is 10.1. The van der Waals surface area contributed by atoms with Crippen LogP contribution in [0.25, 0.3) is 0 Å². The van der Waals surface area contributed by atoms with E-state index in [1.807, 2.05) is 0 Å². The summed E-state index contributed by atoms with van der Waals surface area (Å²) in [4.78, 5) is 19.3. The van der Waals surface area contributed by atoms with Crippen molar-refractivity contribution in [3.8, 4) is 0 Å². The highest BCUT2D eigenvalue weighted by molar-refractivity contribution is 5.81. The minimum atomic E-state index is -0.359. The molecule has 0 fully saturated rings. The van der Waals surface area contributed by atoms with Crippen LogP contribution in [-0.4, -0.2) is 18.5 Å². The minimum absolute atomic E-state index is 0.333. The van der Waals surface area contributed by atoms with Crippen LogP contribution in [0.1, 0.15) is 13.8 Å². The second-order valence-corrected chi connectivity index (χ2v) is 1.57. The van der Waals surface area contributed by atoms with Gasteiger partial charge in [0.2, 0.25) is 5.91 Å². The first-order valence-electron chi connectivity index (χ1n) is 3.09. The second-order valence-electron chi connectivity index (χ2n) is 1.57. The van der Waals surface area contributed by atoms with Crippen molar-refractivity contribution in [2.75, 3.05) is 6.61 Å². The monoisotopic (exact) mass is 159 g/mol. The van der Waals surface area contributed by atoms with Gasteiger partial charge in [0.25, 0.3) is 0 Å². The van der Waals surface area contributed by atoms with Crippen molar-refractivity contribution in [1.82, 2.24) is 0 Å². The summed E-state index contributed by atoms with van der Waals surface area (Å²) in [6.07, 6.45) is 1.14. The number of primary amides is 1. The van der Waals surface area contributed by atoms with Gasteiger partial charge in [-0.15, -0.1) is 0 Å². The van der Waals surface area contributed by atoms with E-state index in [2.05, 4.69) is 17.0 Å². The first-order valence-corrected chi connectivity index (χ1v) is 3.09. The second kappa shape index (κ2) is 8.68.